The van der Waals surface area contributed by atoms with Gasteiger partial charge in [0.25, 0.3) is 0 Å². The van der Waals surface area contributed by atoms with Crippen LogP contribution in [-0.2, 0) is 11.2 Å². The monoisotopic (exact) mass is 252 g/mol. The number of hydrogen-bond acceptors (Lipinski definition) is 5. The summed E-state index contributed by atoms with van der Waals surface area (Å²) in [5.41, 5.74) is 6.12. The molecule has 0 aromatic carbocycles. The number of nitrogens with two attached hydrogens (primary N) is 1. The van der Waals surface area contributed by atoms with E-state index >= 15 is 0 Å². The average molecular weight is 252 g/mol. The molecule has 0 aliphatic carbocycles. The summed E-state index contributed by atoms with van der Waals surface area (Å²) in [6.07, 6.45) is 0.228. The van der Waals surface area contributed by atoms with Gasteiger partial charge < -0.3 is 15.3 Å². The maximum atomic E-state index is 10.6. The minimum absolute atomic E-state index is 0.228. The Bertz CT molecular complexity index is 532. The van der Waals surface area contributed by atoms with Crippen molar-refractivity contribution in [1.29, 1.82) is 0 Å². The standard InChI is InChI=1S/C11H12N2O3S/c1-6-2-3-9(16-6)10-13-7(5-17-10)4-8(12)11(14)15/h2-3,5,8H,4,12H2,1H3,(H,14,15). The third-order valence-corrected chi connectivity index (χ3v) is 3.15. The van der Waals surface area contributed by atoms with Gasteiger partial charge >= 0.3 is 5.97 Å². The molecule has 0 aliphatic rings. The molecule has 6 heteroatoms. The van der Waals surface area contributed by atoms with Crippen molar-refractivity contribution in [2.75, 3.05) is 0 Å². The van der Waals surface area contributed by atoms with Gasteiger partial charge in [0.05, 0.1) is 5.69 Å². The molecule has 0 fully saturated rings. The minimum atomic E-state index is -1.02. The number of aryl methyl sites for hydroxylation is 1. The summed E-state index contributed by atoms with van der Waals surface area (Å²) in [6, 6.07) is 2.79. The van der Waals surface area contributed by atoms with Crippen LogP contribution >= 0.6 is 11.3 Å². The summed E-state index contributed by atoms with van der Waals surface area (Å²) in [6.45, 7) is 1.86. The van der Waals surface area contributed by atoms with Gasteiger partial charge in [0.2, 0.25) is 0 Å². The van der Waals surface area contributed by atoms with E-state index in [1.165, 1.54) is 11.3 Å². The van der Waals surface area contributed by atoms with Crippen LogP contribution in [0.4, 0.5) is 0 Å². The Morgan fingerprint density at radius 3 is 3.00 bits per heavy atom. The lowest BCUT2D eigenvalue weighted by molar-refractivity contribution is -0.138. The van der Waals surface area contributed by atoms with Crippen LogP contribution in [0.3, 0.4) is 0 Å². The van der Waals surface area contributed by atoms with Gasteiger partial charge in [-0.05, 0) is 19.1 Å². The molecule has 0 bridgehead atoms. The molecule has 0 radical (unpaired) electrons. The van der Waals surface area contributed by atoms with Gasteiger partial charge in [-0.2, -0.15) is 0 Å². The smallest absolute Gasteiger partial charge is 0.320 e. The van der Waals surface area contributed by atoms with Crippen molar-refractivity contribution in [3.8, 4) is 10.8 Å². The lowest BCUT2D eigenvalue weighted by Crippen LogP contribution is -2.32. The number of thiazole rings is 1. The SMILES string of the molecule is Cc1ccc(-c2nc(CC(N)C(=O)O)cs2)o1. The van der Waals surface area contributed by atoms with Crippen LogP contribution in [0.5, 0.6) is 0 Å². The van der Waals surface area contributed by atoms with Crippen LogP contribution in [0.1, 0.15) is 11.5 Å². The van der Waals surface area contributed by atoms with E-state index < -0.39 is 12.0 Å². The van der Waals surface area contributed by atoms with E-state index in [1.54, 1.807) is 5.38 Å². The number of carbonyl (C=O) groups is 1. The van der Waals surface area contributed by atoms with E-state index in [2.05, 4.69) is 4.98 Å². The van der Waals surface area contributed by atoms with Crippen LogP contribution in [0.2, 0.25) is 0 Å². The maximum absolute atomic E-state index is 10.6. The molecule has 2 aromatic heterocycles. The lowest BCUT2D eigenvalue weighted by Gasteiger charge is -2.01. The Kier molecular flexibility index (Phi) is 3.26. The summed E-state index contributed by atoms with van der Waals surface area (Å²) in [4.78, 5) is 14.9. The van der Waals surface area contributed by atoms with E-state index in [0.29, 0.717) is 11.5 Å². The molecule has 3 N–H and O–H groups in total. The van der Waals surface area contributed by atoms with Crippen LogP contribution in [0, 0.1) is 6.92 Å². The number of rotatable bonds is 4. The maximum Gasteiger partial charge on any atom is 0.320 e. The highest BCUT2D eigenvalue weighted by Gasteiger charge is 2.15. The zero-order chi connectivity index (χ0) is 12.4. The highest BCUT2D eigenvalue weighted by molar-refractivity contribution is 7.13. The molecule has 17 heavy (non-hydrogen) atoms. The predicted octanol–water partition coefficient (Wildman–Crippen LogP) is 1.67. The molecule has 0 spiro atoms. The molecule has 0 saturated heterocycles. The summed E-state index contributed by atoms with van der Waals surface area (Å²) < 4.78 is 5.44. The van der Waals surface area contributed by atoms with Crippen molar-refractivity contribution in [3.63, 3.8) is 0 Å². The van der Waals surface area contributed by atoms with Gasteiger partial charge in [-0.25, -0.2) is 4.98 Å². The Labute approximate surface area is 102 Å². The topological polar surface area (TPSA) is 89.3 Å². The van der Waals surface area contributed by atoms with E-state index in [4.69, 9.17) is 15.3 Å². The second kappa shape index (κ2) is 4.68. The normalized spacial score (nSPS) is 12.6. The van der Waals surface area contributed by atoms with Gasteiger partial charge in [0.15, 0.2) is 10.8 Å². The summed E-state index contributed by atoms with van der Waals surface area (Å²) in [7, 11) is 0. The molecule has 5 nitrogen and oxygen atoms in total. The van der Waals surface area contributed by atoms with E-state index in [9.17, 15) is 4.79 Å². The molecule has 2 rings (SSSR count). The number of nitrogens with zero attached hydrogens (tertiary/aromatic N) is 1. The van der Waals surface area contributed by atoms with Crippen LogP contribution in [0.15, 0.2) is 21.9 Å². The van der Waals surface area contributed by atoms with Gasteiger partial charge in [-0.3, -0.25) is 4.79 Å². The Hall–Kier alpha value is -1.66. The van der Waals surface area contributed by atoms with E-state index in [0.717, 1.165) is 10.8 Å². The van der Waals surface area contributed by atoms with E-state index in [1.807, 2.05) is 19.1 Å². The van der Waals surface area contributed by atoms with Crippen molar-refractivity contribution in [3.05, 3.63) is 29.0 Å². The highest BCUT2D eigenvalue weighted by Crippen LogP contribution is 2.25. The largest absolute Gasteiger partial charge is 0.480 e. The zero-order valence-electron chi connectivity index (χ0n) is 9.21. The zero-order valence-corrected chi connectivity index (χ0v) is 10.0. The lowest BCUT2D eigenvalue weighted by atomic mass is 10.2. The summed E-state index contributed by atoms with van der Waals surface area (Å²) in [5.74, 6) is 0.495. The first-order chi connectivity index (χ1) is 8.06. The third kappa shape index (κ3) is 2.72. The van der Waals surface area contributed by atoms with E-state index in [-0.39, 0.29) is 6.42 Å². The number of hydrogen-bond donors (Lipinski definition) is 2. The van der Waals surface area contributed by atoms with Crippen molar-refractivity contribution in [1.82, 2.24) is 4.98 Å². The fourth-order valence-electron chi connectivity index (χ4n) is 1.38. The summed E-state index contributed by atoms with van der Waals surface area (Å²) >= 11 is 1.42. The number of carboxylic acids is 1. The molecule has 1 atom stereocenters. The van der Waals surface area contributed by atoms with Crippen molar-refractivity contribution in [2.24, 2.45) is 5.73 Å². The summed E-state index contributed by atoms with van der Waals surface area (Å²) in [5, 5.41) is 11.2. The molecule has 0 saturated carbocycles. The number of aliphatic carboxylic acids is 1. The van der Waals surface area contributed by atoms with Crippen molar-refractivity contribution < 1.29 is 14.3 Å². The van der Waals surface area contributed by atoms with Crippen molar-refractivity contribution >= 4 is 17.3 Å². The van der Waals surface area contributed by atoms with Crippen LogP contribution in [-0.4, -0.2) is 22.1 Å². The van der Waals surface area contributed by atoms with Gasteiger partial charge in [-0.15, -0.1) is 11.3 Å². The second-order valence-electron chi connectivity index (χ2n) is 3.70. The van der Waals surface area contributed by atoms with Gasteiger partial charge in [-0.1, -0.05) is 0 Å². The first-order valence-electron chi connectivity index (χ1n) is 5.06. The number of furan rings is 1. The average Bonchev–Trinajstić information content (AvgIpc) is 2.86. The molecule has 2 heterocycles. The Balaban J connectivity index is 2.13. The molecular weight excluding hydrogens is 240 g/mol. The molecule has 90 valence electrons. The fraction of sp³-hybridized carbons (Fsp3) is 0.273. The van der Waals surface area contributed by atoms with Gasteiger partial charge in [0.1, 0.15) is 11.8 Å². The third-order valence-electron chi connectivity index (χ3n) is 2.25. The number of carboxylic acid groups (broad SMARTS) is 1. The molecule has 0 amide bonds. The highest BCUT2D eigenvalue weighted by atomic mass is 32.1. The van der Waals surface area contributed by atoms with Crippen molar-refractivity contribution in [2.45, 2.75) is 19.4 Å². The fourth-order valence-corrected chi connectivity index (χ4v) is 2.17. The predicted molar refractivity (Wildman–Crippen MR) is 63.9 cm³/mol. The first-order valence-corrected chi connectivity index (χ1v) is 5.94. The van der Waals surface area contributed by atoms with Crippen LogP contribution < -0.4 is 5.73 Å². The molecular formula is C11H12N2O3S. The number of aromatic nitrogens is 1. The van der Waals surface area contributed by atoms with Gasteiger partial charge in [0, 0.05) is 11.8 Å². The molecule has 0 aliphatic heterocycles. The molecule has 2 aromatic rings. The second-order valence-corrected chi connectivity index (χ2v) is 4.56. The minimum Gasteiger partial charge on any atom is -0.480 e. The Morgan fingerprint density at radius 2 is 2.41 bits per heavy atom. The quantitative estimate of drug-likeness (QED) is 0.863. The van der Waals surface area contributed by atoms with Crippen LogP contribution in [0.25, 0.3) is 10.8 Å². The Morgan fingerprint density at radius 1 is 1.65 bits per heavy atom. The molecule has 1 unspecified atom stereocenters. The first kappa shape index (κ1) is 11.8.